The minimum Gasteiger partial charge on any atom is -0.492 e. The van der Waals surface area contributed by atoms with Crippen molar-refractivity contribution in [1.29, 1.82) is 0 Å². The molecule has 0 aliphatic heterocycles. The van der Waals surface area contributed by atoms with Crippen molar-refractivity contribution in [2.75, 3.05) is 12.4 Å². The molecule has 0 radical (unpaired) electrons. The lowest BCUT2D eigenvalue weighted by Gasteiger charge is -2.08. The summed E-state index contributed by atoms with van der Waals surface area (Å²) in [6, 6.07) is 14.2. The highest BCUT2D eigenvalue weighted by Gasteiger charge is 2.12. The fourth-order valence-corrected chi connectivity index (χ4v) is 4.58. The SMILES string of the molecule is CCCn1c(=NC(=O)CSc2ccc(C)cc2)sc2cccc(OCC)c21. The number of ether oxygens (including phenoxy) is 1. The average molecular weight is 401 g/mol. The number of fused-ring (bicyclic) bond motifs is 1. The predicted octanol–water partition coefficient (Wildman–Crippen LogP) is 5.04. The van der Waals surface area contributed by atoms with Gasteiger partial charge >= 0.3 is 0 Å². The Morgan fingerprint density at radius 1 is 1.19 bits per heavy atom. The quantitative estimate of drug-likeness (QED) is 0.522. The molecule has 0 aliphatic rings. The molecule has 0 bridgehead atoms. The highest BCUT2D eigenvalue weighted by molar-refractivity contribution is 8.00. The van der Waals surface area contributed by atoms with Gasteiger partial charge in [0.25, 0.3) is 5.91 Å². The summed E-state index contributed by atoms with van der Waals surface area (Å²) in [4.78, 5) is 18.7. The Labute approximate surface area is 167 Å². The zero-order chi connectivity index (χ0) is 19.2. The number of benzene rings is 2. The molecular weight excluding hydrogens is 376 g/mol. The standard InChI is InChI=1S/C21H24N2O2S2/c1-4-13-23-20-17(25-5-2)7-6-8-18(20)27-21(23)22-19(24)14-26-16-11-9-15(3)10-12-16/h6-12H,4-5,13-14H2,1-3H3. The number of amides is 1. The predicted molar refractivity (Wildman–Crippen MR) is 114 cm³/mol. The van der Waals surface area contributed by atoms with E-state index in [2.05, 4.69) is 41.6 Å². The van der Waals surface area contributed by atoms with E-state index in [0.29, 0.717) is 12.4 Å². The minimum atomic E-state index is -0.116. The van der Waals surface area contributed by atoms with Crippen LogP contribution in [-0.4, -0.2) is 22.8 Å². The first kappa shape index (κ1) is 19.7. The third kappa shape index (κ3) is 4.82. The summed E-state index contributed by atoms with van der Waals surface area (Å²) in [6.07, 6.45) is 0.964. The maximum absolute atomic E-state index is 12.5. The molecule has 1 amide bonds. The molecule has 4 nitrogen and oxygen atoms in total. The van der Waals surface area contributed by atoms with Gasteiger partial charge in [-0.3, -0.25) is 4.79 Å². The topological polar surface area (TPSA) is 43.6 Å². The van der Waals surface area contributed by atoms with Gasteiger partial charge in [0.05, 0.1) is 17.1 Å². The molecule has 3 rings (SSSR count). The lowest BCUT2D eigenvalue weighted by Crippen LogP contribution is -2.17. The van der Waals surface area contributed by atoms with Crippen LogP contribution in [0.15, 0.2) is 52.4 Å². The fraction of sp³-hybridized carbons (Fsp3) is 0.333. The third-order valence-corrected chi connectivity index (χ3v) is 6.06. The maximum Gasteiger partial charge on any atom is 0.258 e. The summed E-state index contributed by atoms with van der Waals surface area (Å²) in [5, 5.41) is 0. The van der Waals surface area contributed by atoms with E-state index in [1.54, 1.807) is 11.3 Å². The van der Waals surface area contributed by atoms with E-state index in [1.165, 1.54) is 17.3 Å². The van der Waals surface area contributed by atoms with Crippen LogP contribution in [-0.2, 0) is 11.3 Å². The van der Waals surface area contributed by atoms with Gasteiger partial charge in [0.1, 0.15) is 11.3 Å². The Bertz CT molecular complexity index is 988. The second-order valence-corrected chi connectivity index (χ2v) is 8.24. The van der Waals surface area contributed by atoms with E-state index < -0.39 is 0 Å². The molecule has 3 aromatic rings. The average Bonchev–Trinajstić information content (AvgIpc) is 3.00. The van der Waals surface area contributed by atoms with Gasteiger partial charge in [-0.25, -0.2) is 0 Å². The van der Waals surface area contributed by atoms with E-state index >= 15 is 0 Å². The summed E-state index contributed by atoms with van der Waals surface area (Å²) >= 11 is 3.06. The second-order valence-electron chi connectivity index (χ2n) is 6.18. The van der Waals surface area contributed by atoms with E-state index in [4.69, 9.17) is 4.74 Å². The van der Waals surface area contributed by atoms with Crippen LogP contribution in [0.25, 0.3) is 10.2 Å². The smallest absolute Gasteiger partial charge is 0.258 e. The highest BCUT2D eigenvalue weighted by Crippen LogP contribution is 2.28. The van der Waals surface area contributed by atoms with E-state index in [0.717, 1.165) is 38.6 Å². The Morgan fingerprint density at radius 2 is 1.96 bits per heavy atom. The van der Waals surface area contributed by atoms with Gasteiger partial charge in [0.15, 0.2) is 4.80 Å². The molecule has 1 heterocycles. The van der Waals surface area contributed by atoms with Crippen molar-refractivity contribution in [3.63, 3.8) is 0 Å². The van der Waals surface area contributed by atoms with Crippen molar-refractivity contribution in [1.82, 2.24) is 4.57 Å². The molecule has 0 atom stereocenters. The molecule has 142 valence electrons. The molecule has 0 saturated carbocycles. The zero-order valence-electron chi connectivity index (χ0n) is 15.9. The van der Waals surface area contributed by atoms with E-state index in [1.807, 2.05) is 31.2 Å². The number of hydrogen-bond acceptors (Lipinski definition) is 4. The summed E-state index contributed by atoms with van der Waals surface area (Å²) < 4.78 is 9.00. The van der Waals surface area contributed by atoms with Crippen molar-refractivity contribution in [2.24, 2.45) is 4.99 Å². The molecule has 27 heavy (non-hydrogen) atoms. The fourth-order valence-electron chi connectivity index (χ4n) is 2.80. The Morgan fingerprint density at radius 3 is 2.67 bits per heavy atom. The first-order valence-electron chi connectivity index (χ1n) is 9.14. The monoisotopic (exact) mass is 400 g/mol. The van der Waals surface area contributed by atoms with Gasteiger partial charge in [-0.15, -0.1) is 11.8 Å². The van der Waals surface area contributed by atoms with Crippen LogP contribution in [0.1, 0.15) is 25.8 Å². The van der Waals surface area contributed by atoms with Crippen LogP contribution in [0.2, 0.25) is 0 Å². The Balaban J connectivity index is 1.89. The largest absolute Gasteiger partial charge is 0.492 e. The summed E-state index contributed by atoms with van der Waals surface area (Å²) in [6.45, 7) is 7.57. The van der Waals surface area contributed by atoms with Gasteiger partial charge in [-0.2, -0.15) is 4.99 Å². The molecule has 0 spiro atoms. The maximum atomic E-state index is 12.5. The van der Waals surface area contributed by atoms with Crippen molar-refractivity contribution >= 4 is 39.2 Å². The number of aryl methyl sites for hydroxylation is 2. The van der Waals surface area contributed by atoms with E-state index in [9.17, 15) is 4.79 Å². The van der Waals surface area contributed by atoms with Gasteiger partial charge in [0, 0.05) is 11.4 Å². The van der Waals surface area contributed by atoms with Gasteiger partial charge < -0.3 is 9.30 Å². The molecule has 6 heteroatoms. The van der Waals surface area contributed by atoms with Crippen LogP contribution in [0.4, 0.5) is 0 Å². The molecule has 0 N–H and O–H groups in total. The molecule has 1 aromatic heterocycles. The Kier molecular flexibility index (Phi) is 6.74. The third-order valence-electron chi connectivity index (χ3n) is 4.01. The summed E-state index contributed by atoms with van der Waals surface area (Å²) in [5.74, 6) is 1.07. The van der Waals surface area contributed by atoms with E-state index in [-0.39, 0.29) is 5.91 Å². The van der Waals surface area contributed by atoms with Crippen LogP contribution >= 0.6 is 23.1 Å². The van der Waals surface area contributed by atoms with Crippen molar-refractivity contribution < 1.29 is 9.53 Å². The van der Waals surface area contributed by atoms with Gasteiger partial charge in [-0.1, -0.05) is 42.0 Å². The number of carbonyl (C=O) groups excluding carboxylic acids is 1. The number of para-hydroxylation sites is 1. The second kappa shape index (κ2) is 9.24. The zero-order valence-corrected chi connectivity index (χ0v) is 17.5. The van der Waals surface area contributed by atoms with Crippen LogP contribution < -0.4 is 9.54 Å². The number of thioether (sulfide) groups is 1. The molecule has 0 aliphatic carbocycles. The number of aromatic nitrogens is 1. The normalized spacial score (nSPS) is 11.9. The summed E-state index contributed by atoms with van der Waals surface area (Å²) in [5.41, 5.74) is 2.25. The van der Waals surface area contributed by atoms with Gasteiger partial charge in [-0.05, 0) is 44.5 Å². The molecule has 0 unspecified atom stereocenters. The summed E-state index contributed by atoms with van der Waals surface area (Å²) in [7, 11) is 0. The number of rotatable bonds is 7. The molecular formula is C21H24N2O2S2. The lowest BCUT2D eigenvalue weighted by molar-refractivity contribution is -0.115. The van der Waals surface area contributed by atoms with Crippen molar-refractivity contribution in [2.45, 2.75) is 38.6 Å². The number of thiazole rings is 1. The van der Waals surface area contributed by atoms with Crippen LogP contribution in [0, 0.1) is 6.92 Å². The van der Waals surface area contributed by atoms with Gasteiger partial charge in [0.2, 0.25) is 0 Å². The minimum absolute atomic E-state index is 0.116. The molecule has 0 fully saturated rings. The Hall–Kier alpha value is -2.05. The number of carbonyl (C=O) groups is 1. The number of hydrogen-bond donors (Lipinski definition) is 0. The first-order valence-corrected chi connectivity index (χ1v) is 10.9. The van der Waals surface area contributed by atoms with Crippen LogP contribution in [0.5, 0.6) is 5.75 Å². The first-order chi connectivity index (χ1) is 13.1. The molecule has 0 saturated heterocycles. The molecule has 2 aromatic carbocycles. The lowest BCUT2D eigenvalue weighted by atomic mass is 10.2. The van der Waals surface area contributed by atoms with Crippen LogP contribution in [0.3, 0.4) is 0 Å². The highest BCUT2D eigenvalue weighted by atomic mass is 32.2. The number of nitrogens with zero attached hydrogens (tertiary/aromatic N) is 2. The van der Waals surface area contributed by atoms with Crippen molar-refractivity contribution in [3.05, 3.63) is 52.8 Å². The van der Waals surface area contributed by atoms with Crippen molar-refractivity contribution in [3.8, 4) is 5.75 Å².